The van der Waals surface area contributed by atoms with E-state index in [2.05, 4.69) is 0 Å². The summed E-state index contributed by atoms with van der Waals surface area (Å²) in [5, 5.41) is 0. The van der Waals surface area contributed by atoms with Gasteiger partial charge in [-0.05, 0) is 0 Å². The average molecular weight is 368 g/mol. The summed E-state index contributed by atoms with van der Waals surface area (Å²) in [6.45, 7) is 0. The first-order chi connectivity index (χ1) is 0. The Hall–Kier alpha value is 1.08. The fourth-order valence-electron chi connectivity index (χ4n) is 0. The molecule has 12 heteroatoms. The van der Waals surface area contributed by atoms with Crippen LogP contribution in [0.3, 0.4) is 0 Å². The van der Waals surface area contributed by atoms with E-state index < -0.39 is 0 Å². The third-order valence-corrected chi connectivity index (χ3v) is 0. The van der Waals surface area contributed by atoms with Crippen molar-refractivity contribution in [2.24, 2.45) is 0 Å². The van der Waals surface area contributed by atoms with Crippen molar-refractivity contribution in [3.05, 3.63) is 0 Å². The standard InChI is InChI=1S/11H2O.Yb/h11*1H2;/q;;;;;;;;;;;+3/p-3. The Bertz CT molecular complexity index is 4.97. The minimum absolute atomic E-state index is 0. The van der Waals surface area contributed by atoms with Gasteiger partial charge in [0.2, 0.25) is 0 Å². The van der Waals surface area contributed by atoms with Gasteiger partial charge in [-0.1, -0.05) is 0 Å². The molecule has 0 saturated carbocycles. The molecule has 0 spiro atoms. The maximum absolute atomic E-state index is 0. The van der Waals surface area contributed by atoms with Crippen molar-refractivity contribution in [3.8, 4) is 0 Å². The predicted molar refractivity (Wildman–Crippen MR) is 34.7 cm³/mol. The van der Waals surface area contributed by atoms with Crippen molar-refractivity contribution < 1.29 is 107 Å². The van der Waals surface area contributed by atoms with Crippen LogP contribution in [0.4, 0.5) is 0 Å². The molecule has 99 valence electrons. The van der Waals surface area contributed by atoms with Crippen molar-refractivity contribution >= 4 is 0 Å². The van der Waals surface area contributed by atoms with Gasteiger partial charge in [-0.15, -0.1) is 0 Å². The summed E-state index contributed by atoms with van der Waals surface area (Å²) >= 11 is 0. The molecule has 0 aliphatic rings. The van der Waals surface area contributed by atoms with Crippen molar-refractivity contribution in [1.82, 2.24) is 0 Å². The second-order valence-corrected chi connectivity index (χ2v) is 0. The summed E-state index contributed by atoms with van der Waals surface area (Å²) in [4.78, 5) is 0. The Labute approximate surface area is 106 Å². The zero-order valence-electron chi connectivity index (χ0n) is 5.61. The van der Waals surface area contributed by atoms with E-state index in [9.17, 15) is 0 Å². The van der Waals surface area contributed by atoms with Gasteiger partial charge in [-0.3, -0.25) is 0 Å². The normalized spacial score (nSPS) is 0. The smallest absolute Gasteiger partial charge is 0.870 e. The monoisotopic (exact) mass is 369 g/mol. The van der Waals surface area contributed by atoms with E-state index in [1.807, 2.05) is 0 Å². The first kappa shape index (κ1) is 1640. The second kappa shape index (κ2) is 1270. The largest absolute Gasteiger partial charge is 3.00 e. The SMILES string of the molecule is O.O.O.O.O.O.O.O.[OH-].[OH-].[OH-].[Yb+3]. The summed E-state index contributed by atoms with van der Waals surface area (Å²) < 4.78 is 0. The number of hydrogen-bond acceptors (Lipinski definition) is 3. The molecule has 0 saturated heterocycles. The molecular weight excluding hydrogens is 349 g/mol. The molecule has 0 fully saturated rings. The summed E-state index contributed by atoms with van der Waals surface area (Å²) in [6.07, 6.45) is 0. The molecule has 0 aromatic heterocycles. The summed E-state index contributed by atoms with van der Waals surface area (Å²) in [5.74, 6) is 0. The number of hydrogen-bond donors (Lipinski definition) is 0. The van der Waals surface area contributed by atoms with E-state index >= 15 is 0 Å². The second-order valence-electron chi connectivity index (χ2n) is 0. The van der Waals surface area contributed by atoms with Crippen LogP contribution in [0, 0.1) is 46.9 Å². The Morgan fingerprint density at radius 2 is 0.250 bits per heavy atom. The molecule has 0 amide bonds. The van der Waals surface area contributed by atoms with Gasteiger partial charge in [-0.2, -0.15) is 0 Å². The molecule has 0 heterocycles. The van der Waals surface area contributed by atoms with E-state index in [-0.39, 0.29) is 107 Å². The zero-order chi connectivity index (χ0) is 0. The van der Waals surface area contributed by atoms with Gasteiger partial charge in [0.05, 0.1) is 0 Å². The first-order valence-corrected chi connectivity index (χ1v) is 0. The van der Waals surface area contributed by atoms with Gasteiger partial charge >= 0.3 is 46.9 Å². The van der Waals surface area contributed by atoms with Gasteiger partial charge < -0.3 is 60.2 Å². The molecule has 0 unspecified atom stereocenters. The van der Waals surface area contributed by atoms with Crippen LogP contribution in [0.25, 0.3) is 0 Å². The third kappa shape index (κ3) is 966. The molecule has 0 aromatic carbocycles. The van der Waals surface area contributed by atoms with Crippen LogP contribution in [0.2, 0.25) is 0 Å². The molecule has 12 heavy (non-hydrogen) atoms. The molecule has 0 atom stereocenters. The number of rotatable bonds is 0. The Balaban J connectivity index is 0. The summed E-state index contributed by atoms with van der Waals surface area (Å²) in [6, 6.07) is 0. The van der Waals surface area contributed by atoms with Crippen molar-refractivity contribution in [1.29, 1.82) is 0 Å². The molecule has 19 N–H and O–H groups in total. The Morgan fingerprint density at radius 1 is 0.250 bits per heavy atom. The third-order valence-electron chi connectivity index (χ3n) is 0. The molecule has 0 rings (SSSR count). The van der Waals surface area contributed by atoms with Crippen LogP contribution in [-0.2, 0) is 0 Å². The predicted octanol–water partition coefficient (Wildman–Crippen LogP) is -7.13. The molecule has 0 aliphatic heterocycles. The van der Waals surface area contributed by atoms with Crippen LogP contribution < -0.4 is 0 Å². The topological polar surface area (TPSA) is 342 Å². The van der Waals surface area contributed by atoms with E-state index in [1.165, 1.54) is 0 Å². The van der Waals surface area contributed by atoms with E-state index in [1.54, 1.807) is 0 Å². The Kier molecular flexibility index (Phi) is 174000. The van der Waals surface area contributed by atoms with Gasteiger partial charge in [-0.25, -0.2) is 0 Å². The maximum Gasteiger partial charge on any atom is 3.00 e. The Morgan fingerprint density at radius 3 is 0.250 bits per heavy atom. The van der Waals surface area contributed by atoms with Gasteiger partial charge in [0.25, 0.3) is 0 Å². The molecule has 0 aromatic rings. The van der Waals surface area contributed by atoms with Gasteiger partial charge in [0.15, 0.2) is 0 Å². The van der Waals surface area contributed by atoms with Crippen LogP contribution in [0.1, 0.15) is 0 Å². The summed E-state index contributed by atoms with van der Waals surface area (Å²) in [5.41, 5.74) is 0. The van der Waals surface area contributed by atoms with Crippen LogP contribution in [0.15, 0.2) is 0 Å². The molecule has 0 aliphatic carbocycles. The van der Waals surface area contributed by atoms with Crippen LogP contribution in [0.5, 0.6) is 0 Å². The molecule has 0 bridgehead atoms. The van der Waals surface area contributed by atoms with Crippen molar-refractivity contribution in [2.45, 2.75) is 0 Å². The van der Waals surface area contributed by atoms with Gasteiger partial charge in [0.1, 0.15) is 0 Å². The maximum atomic E-state index is 0. The molecule has 11 nitrogen and oxygen atoms in total. The minimum atomic E-state index is 0. The van der Waals surface area contributed by atoms with Crippen LogP contribution >= 0.6 is 0 Å². The van der Waals surface area contributed by atoms with E-state index in [4.69, 9.17) is 0 Å². The molecule has 1 radical (unpaired) electrons. The minimum Gasteiger partial charge on any atom is -0.870 e. The summed E-state index contributed by atoms with van der Waals surface area (Å²) in [7, 11) is 0. The fraction of sp³-hybridized carbons (Fsp3) is 0. The quantitative estimate of drug-likeness (QED) is 0.402. The first-order valence-electron chi connectivity index (χ1n) is 0. The fourth-order valence-corrected chi connectivity index (χ4v) is 0. The van der Waals surface area contributed by atoms with E-state index in [0.29, 0.717) is 0 Å². The van der Waals surface area contributed by atoms with E-state index in [0.717, 1.165) is 0 Å². The van der Waals surface area contributed by atoms with Crippen LogP contribution in [-0.4, -0.2) is 60.2 Å². The molecular formula is H19O11Yb. The average Bonchev–Trinajstić information content (AvgIpc) is 0. The van der Waals surface area contributed by atoms with Crippen molar-refractivity contribution in [2.75, 3.05) is 0 Å². The van der Waals surface area contributed by atoms with Gasteiger partial charge in [0, 0.05) is 0 Å². The van der Waals surface area contributed by atoms with Crippen molar-refractivity contribution in [3.63, 3.8) is 0 Å². The zero-order valence-corrected chi connectivity index (χ0v) is 7.32.